The summed E-state index contributed by atoms with van der Waals surface area (Å²) >= 11 is 0. The predicted molar refractivity (Wildman–Crippen MR) is 82.0 cm³/mol. The Hall–Kier alpha value is -1.47. The molecule has 0 spiro atoms. The molecule has 1 heterocycles. The van der Waals surface area contributed by atoms with Gasteiger partial charge in [0.15, 0.2) is 0 Å². The van der Waals surface area contributed by atoms with Gasteiger partial charge in [-0.15, -0.1) is 0 Å². The van der Waals surface area contributed by atoms with E-state index in [1.54, 1.807) is 18.4 Å². The van der Waals surface area contributed by atoms with Crippen LogP contribution in [-0.2, 0) is 10.8 Å². The van der Waals surface area contributed by atoms with Crippen molar-refractivity contribution in [1.82, 2.24) is 10.3 Å². The normalized spacial score (nSPS) is 12.2. The van der Waals surface area contributed by atoms with Crippen molar-refractivity contribution in [2.45, 2.75) is 26.2 Å². The summed E-state index contributed by atoms with van der Waals surface area (Å²) in [5.74, 6) is 6.45. The number of nitrogen functional groups attached to an aromatic ring is 1. The third kappa shape index (κ3) is 5.26. The topological polar surface area (TPSA) is 97.1 Å². The van der Waals surface area contributed by atoms with Crippen molar-refractivity contribution in [3.05, 3.63) is 23.4 Å². The number of hydrogen-bond donors (Lipinski definition) is 3. The van der Waals surface area contributed by atoms with E-state index < -0.39 is 10.8 Å². The molecule has 1 aromatic rings. The summed E-state index contributed by atoms with van der Waals surface area (Å²) in [6.07, 6.45) is 2.35. The standard InChI is InChI=1S/C13H22N4O2S/c1-9(2)11-7-10(8-12(16-11)17-14)13(18)15-5-4-6-20(3)19/h7-9H,4-6,14H2,1-3H3,(H,15,18)(H,16,17). The smallest absolute Gasteiger partial charge is 0.251 e. The van der Waals surface area contributed by atoms with E-state index in [9.17, 15) is 9.00 Å². The third-order valence-corrected chi connectivity index (χ3v) is 3.60. The number of hydrazine groups is 1. The second-order valence-electron chi connectivity index (χ2n) is 4.85. The monoisotopic (exact) mass is 298 g/mol. The summed E-state index contributed by atoms with van der Waals surface area (Å²) < 4.78 is 10.9. The van der Waals surface area contributed by atoms with E-state index in [4.69, 9.17) is 5.84 Å². The predicted octanol–water partition coefficient (Wildman–Crippen LogP) is 0.989. The number of carbonyl (C=O) groups excluding carboxylic acids is 1. The van der Waals surface area contributed by atoms with Crippen molar-refractivity contribution in [2.24, 2.45) is 5.84 Å². The number of aromatic nitrogens is 1. The van der Waals surface area contributed by atoms with Crippen LogP contribution in [-0.4, -0.2) is 33.7 Å². The van der Waals surface area contributed by atoms with Crippen molar-refractivity contribution >= 4 is 22.5 Å². The molecule has 0 aliphatic heterocycles. The minimum atomic E-state index is -0.828. The molecule has 112 valence electrons. The lowest BCUT2D eigenvalue weighted by Crippen LogP contribution is -2.26. The van der Waals surface area contributed by atoms with Gasteiger partial charge in [-0.05, 0) is 24.5 Å². The van der Waals surface area contributed by atoms with Crippen molar-refractivity contribution in [3.8, 4) is 0 Å². The van der Waals surface area contributed by atoms with Crippen molar-refractivity contribution in [2.75, 3.05) is 24.0 Å². The van der Waals surface area contributed by atoms with E-state index in [-0.39, 0.29) is 11.8 Å². The van der Waals surface area contributed by atoms with Gasteiger partial charge in [0.1, 0.15) is 5.82 Å². The van der Waals surface area contributed by atoms with Gasteiger partial charge in [-0.3, -0.25) is 9.00 Å². The zero-order valence-electron chi connectivity index (χ0n) is 12.1. The maximum absolute atomic E-state index is 12.0. The van der Waals surface area contributed by atoms with Crippen molar-refractivity contribution < 1.29 is 9.00 Å². The zero-order chi connectivity index (χ0) is 15.1. The van der Waals surface area contributed by atoms with Gasteiger partial charge in [-0.1, -0.05) is 13.8 Å². The van der Waals surface area contributed by atoms with E-state index in [0.29, 0.717) is 30.1 Å². The largest absolute Gasteiger partial charge is 0.352 e. The average Bonchev–Trinajstić information content (AvgIpc) is 2.42. The molecule has 7 heteroatoms. The van der Waals surface area contributed by atoms with E-state index in [2.05, 4.69) is 15.7 Å². The van der Waals surface area contributed by atoms with Crippen LogP contribution in [0, 0.1) is 0 Å². The minimum absolute atomic E-state index is 0.173. The summed E-state index contributed by atoms with van der Waals surface area (Å²) in [6, 6.07) is 3.37. The Morgan fingerprint density at radius 3 is 2.70 bits per heavy atom. The summed E-state index contributed by atoms with van der Waals surface area (Å²) in [5.41, 5.74) is 3.80. The van der Waals surface area contributed by atoms with Gasteiger partial charge >= 0.3 is 0 Å². The highest BCUT2D eigenvalue weighted by Gasteiger charge is 2.11. The van der Waals surface area contributed by atoms with E-state index in [1.165, 1.54) is 0 Å². The van der Waals surface area contributed by atoms with Gasteiger partial charge in [0.2, 0.25) is 0 Å². The second kappa shape index (κ2) is 7.96. The SMILES string of the molecule is CC(C)c1cc(C(=O)NCCCS(C)=O)cc(NN)n1. The molecule has 1 atom stereocenters. The molecule has 1 amide bonds. The van der Waals surface area contributed by atoms with Crippen LogP contribution in [0.5, 0.6) is 0 Å². The highest BCUT2D eigenvalue weighted by atomic mass is 32.2. The lowest BCUT2D eigenvalue weighted by Gasteiger charge is -2.11. The second-order valence-corrected chi connectivity index (χ2v) is 6.41. The highest BCUT2D eigenvalue weighted by Crippen LogP contribution is 2.17. The van der Waals surface area contributed by atoms with Crippen LogP contribution >= 0.6 is 0 Å². The van der Waals surface area contributed by atoms with Crippen LogP contribution in [0.4, 0.5) is 5.82 Å². The first-order valence-corrected chi connectivity index (χ1v) is 8.23. The van der Waals surface area contributed by atoms with Crippen LogP contribution < -0.4 is 16.6 Å². The molecule has 20 heavy (non-hydrogen) atoms. The van der Waals surface area contributed by atoms with E-state index in [0.717, 1.165) is 5.69 Å². The fourth-order valence-electron chi connectivity index (χ4n) is 1.63. The molecule has 4 N–H and O–H groups in total. The van der Waals surface area contributed by atoms with Crippen LogP contribution in [0.3, 0.4) is 0 Å². The average molecular weight is 298 g/mol. The zero-order valence-corrected chi connectivity index (χ0v) is 12.9. The molecule has 0 aliphatic rings. The molecule has 0 aliphatic carbocycles. The fourth-order valence-corrected chi connectivity index (χ4v) is 2.18. The summed E-state index contributed by atoms with van der Waals surface area (Å²) in [7, 11) is -0.828. The Labute approximate surface area is 122 Å². The number of nitrogens with one attached hydrogen (secondary N) is 2. The number of anilines is 1. The van der Waals surface area contributed by atoms with Gasteiger partial charge in [0.25, 0.3) is 5.91 Å². The molecular weight excluding hydrogens is 276 g/mol. The van der Waals surface area contributed by atoms with Crippen LogP contribution in [0.15, 0.2) is 12.1 Å². The molecule has 1 rings (SSSR count). The molecule has 0 aromatic carbocycles. The number of nitrogens with zero attached hydrogens (tertiary/aromatic N) is 1. The van der Waals surface area contributed by atoms with Gasteiger partial charge in [0, 0.05) is 40.6 Å². The molecule has 0 saturated heterocycles. The molecule has 1 unspecified atom stereocenters. The van der Waals surface area contributed by atoms with Crippen LogP contribution in [0.25, 0.3) is 0 Å². The van der Waals surface area contributed by atoms with Crippen molar-refractivity contribution in [3.63, 3.8) is 0 Å². The summed E-state index contributed by atoms with van der Waals surface area (Å²) in [4.78, 5) is 16.3. The molecule has 0 fully saturated rings. The maximum atomic E-state index is 12.0. The number of rotatable bonds is 7. The van der Waals surface area contributed by atoms with Crippen molar-refractivity contribution in [1.29, 1.82) is 0 Å². The Morgan fingerprint density at radius 2 is 2.15 bits per heavy atom. The highest BCUT2D eigenvalue weighted by molar-refractivity contribution is 7.84. The van der Waals surface area contributed by atoms with Crippen LogP contribution in [0.1, 0.15) is 42.2 Å². The number of nitrogens with two attached hydrogens (primary N) is 1. The number of carbonyl (C=O) groups is 1. The van der Waals surface area contributed by atoms with Gasteiger partial charge < -0.3 is 10.7 Å². The summed E-state index contributed by atoms with van der Waals surface area (Å²) in [6.45, 7) is 4.50. The van der Waals surface area contributed by atoms with Gasteiger partial charge in [0.05, 0.1) is 0 Å². The molecule has 1 aromatic heterocycles. The first kappa shape index (κ1) is 16.6. The Balaban J connectivity index is 2.71. The quantitative estimate of drug-likeness (QED) is 0.396. The fraction of sp³-hybridized carbons (Fsp3) is 0.538. The van der Waals surface area contributed by atoms with Crippen LogP contribution in [0.2, 0.25) is 0 Å². The first-order chi connectivity index (χ1) is 9.43. The summed E-state index contributed by atoms with van der Waals surface area (Å²) in [5, 5.41) is 2.80. The molecule has 0 saturated carbocycles. The Kier molecular flexibility index (Phi) is 6.60. The number of hydrogen-bond acceptors (Lipinski definition) is 5. The lowest BCUT2D eigenvalue weighted by atomic mass is 10.1. The Morgan fingerprint density at radius 1 is 1.45 bits per heavy atom. The molecule has 0 radical (unpaired) electrons. The minimum Gasteiger partial charge on any atom is -0.352 e. The number of pyridine rings is 1. The maximum Gasteiger partial charge on any atom is 0.251 e. The van der Waals surface area contributed by atoms with E-state index >= 15 is 0 Å². The third-order valence-electron chi connectivity index (χ3n) is 2.74. The number of amides is 1. The molecule has 0 bridgehead atoms. The van der Waals surface area contributed by atoms with E-state index in [1.807, 2.05) is 13.8 Å². The molecular formula is C13H22N4O2S. The first-order valence-electron chi connectivity index (χ1n) is 6.51. The van der Waals surface area contributed by atoms with Gasteiger partial charge in [-0.25, -0.2) is 10.8 Å². The Bertz CT molecular complexity index is 491. The molecule has 6 nitrogen and oxygen atoms in total. The van der Waals surface area contributed by atoms with Gasteiger partial charge in [-0.2, -0.15) is 0 Å². The lowest BCUT2D eigenvalue weighted by molar-refractivity contribution is 0.0953.